The number of likely N-dealkylation sites (tertiary alicyclic amines) is 1. The summed E-state index contributed by atoms with van der Waals surface area (Å²) >= 11 is 0. The maximum atomic E-state index is 12.8. The SMILES string of the molecule is CC(C(=O)N1CCCC1)N1CCN(S(=O)(=O)c2ccc(S(F)(F)(F)(F)F)cc2)CC1. The maximum Gasteiger partial charge on any atom is 0.310 e. The van der Waals surface area contributed by atoms with Crippen molar-refractivity contribution in [2.24, 2.45) is 0 Å². The van der Waals surface area contributed by atoms with Gasteiger partial charge in [-0.15, -0.1) is 0 Å². The van der Waals surface area contributed by atoms with Crippen LogP contribution in [0.1, 0.15) is 19.8 Å². The minimum absolute atomic E-state index is 0.00427. The van der Waals surface area contributed by atoms with Crippen LogP contribution in [0.2, 0.25) is 0 Å². The summed E-state index contributed by atoms with van der Waals surface area (Å²) in [7, 11) is -14.0. The quantitative estimate of drug-likeness (QED) is 0.608. The Kier molecular flexibility index (Phi) is 5.45. The van der Waals surface area contributed by atoms with Gasteiger partial charge in [-0.1, -0.05) is 19.4 Å². The van der Waals surface area contributed by atoms with Crippen LogP contribution in [0.15, 0.2) is 34.1 Å². The first kappa shape index (κ1) is 23.2. The Labute approximate surface area is 172 Å². The average molecular weight is 478 g/mol. The van der Waals surface area contributed by atoms with Crippen LogP contribution in [0.3, 0.4) is 0 Å². The Morgan fingerprint density at radius 3 is 1.87 bits per heavy atom. The van der Waals surface area contributed by atoms with E-state index in [0.717, 1.165) is 17.1 Å². The van der Waals surface area contributed by atoms with Gasteiger partial charge in [0.05, 0.1) is 10.9 Å². The summed E-state index contributed by atoms with van der Waals surface area (Å²) in [6, 6.07) is 0.899. The van der Waals surface area contributed by atoms with Crippen molar-refractivity contribution in [2.45, 2.75) is 35.6 Å². The number of rotatable bonds is 5. The lowest BCUT2D eigenvalue weighted by Crippen LogP contribution is -2.55. The van der Waals surface area contributed by atoms with Gasteiger partial charge >= 0.3 is 10.2 Å². The van der Waals surface area contributed by atoms with Crippen molar-refractivity contribution in [3.63, 3.8) is 0 Å². The normalized spacial score (nSPS) is 23.1. The molecule has 2 heterocycles. The Balaban J connectivity index is 1.67. The first-order valence-corrected chi connectivity index (χ1v) is 12.9. The van der Waals surface area contributed by atoms with Crippen LogP contribution in [0.5, 0.6) is 0 Å². The zero-order chi connectivity index (χ0) is 22.4. The van der Waals surface area contributed by atoms with Gasteiger partial charge in [-0.3, -0.25) is 9.69 Å². The molecule has 0 aromatic heterocycles. The fourth-order valence-electron chi connectivity index (χ4n) is 3.71. The van der Waals surface area contributed by atoms with Crippen molar-refractivity contribution in [1.82, 2.24) is 14.1 Å². The fourth-order valence-corrected chi connectivity index (χ4v) is 5.78. The van der Waals surface area contributed by atoms with Gasteiger partial charge in [-0.05, 0) is 44.0 Å². The van der Waals surface area contributed by atoms with Crippen LogP contribution in [-0.4, -0.2) is 73.7 Å². The smallest absolute Gasteiger partial charge is 0.310 e. The van der Waals surface area contributed by atoms with E-state index in [1.54, 1.807) is 11.8 Å². The molecule has 0 radical (unpaired) electrons. The fraction of sp³-hybridized carbons (Fsp3) is 0.588. The lowest BCUT2D eigenvalue weighted by molar-refractivity contribution is -0.135. The summed E-state index contributed by atoms with van der Waals surface area (Å²) in [4.78, 5) is 13.5. The monoisotopic (exact) mass is 477 g/mol. The van der Waals surface area contributed by atoms with Gasteiger partial charge in [0.25, 0.3) is 0 Å². The topological polar surface area (TPSA) is 60.9 Å². The standard InChI is InChI=1S/C17H24F5N3O3S2/c1-14(17(26)24-8-2-3-9-24)23-10-12-25(13-11-23)29(27,28)15-4-6-16(7-5-15)30(18,19,20,21)22/h4-7,14H,2-3,8-13H2,1H3. The predicted octanol–water partition coefficient (Wildman–Crippen LogP) is 3.66. The van der Waals surface area contributed by atoms with E-state index in [9.17, 15) is 32.6 Å². The molecular formula is C17H24F5N3O3S2. The highest BCUT2D eigenvalue weighted by Crippen LogP contribution is 3.02. The first-order chi connectivity index (χ1) is 13.6. The predicted molar refractivity (Wildman–Crippen MR) is 103 cm³/mol. The van der Waals surface area contributed by atoms with Crippen LogP contribution < -0.4 is 0 Å². The zero-order valence-electron chi connectivity index (χ0n) is 16.3. The molecule has 6 nitrogen and oxygen atoms in total. The second-order valence-electron chi connectivity index (χ2n) is 7.59. The molecule has 172 valence electrons. The molecule has 2 aliphatic rings. The Hall–Kier alpha value is -1.44. The molecule has 0 bridgehead atoms. The number of hydrogen-bond acceptors (Lipinski definition) is 4. The molecule has 1 amide bonds. The molecule has 1 atom stereocenters. The second-order valence-corrected chi connectivity index (χ2v) is 11.9. The van der Waals surface area contributed by atoms with Gasteiger partial charge < -0.3 is 4.90 Å². The summed E-state index contributed by atoms with van der Waals surface area (Å²) in [6.45, 7) is 3.85. The molecule has 2 aliphatic heterocycles. The van der Waals surface area contributed by atoms with Gasteiger partial charge in [0, 0.05) is 39.3 Å². The van der Waals surface area contributed by atoms with Crippen LogP contribution in [0, 0.1) is 0 Å². The molecule has 0 N–H and O–H groups in total. The van der Waals surface area contributed by atoms with E-state index in [2.05, 4.69) is 0 Å². The second kappa shape index (κ2) is 7.04. The Morgan fingerprint density at radius 1 is 0.900 bits per heavy atom. The molecule has 1 unspecified atom stereocenters. The third kappa shape index (κ3) is 4.89. The number of carbonyl (C=O) groups excluding carboxylic acids is 1. The Morgan fingerprint density at radius 2 is 1.40 bits per heavy atom. The van der Waals surface area contributed by atoms with Crippen LogP contribution in [-0.2, 0) is 14.8 Å². The molecule has 3 rings (SSSR count). The molecule has 0 saturated carbocycles. The van der Waals surface area contributed by atoms with Crippen molar-refractivity contribution >= 4 is 26.2 Å². The van der Waals surface area contributed by atoms with Crippen molar-refractivity contribution in [3.8, 4) is 0 Å². The molecule has 2 fully saturated rings. The van der Waals surface area contributed by atoms with Crippen LogP contribution in [0.4, 0.5) is 19.4 Å². The van der Waals surface area contributed by atoms with E-state index < -0.39 is 36.1 Å². The maximum absolute atomic E-state index is 12.8. The summed E-state index contributed by atoms with van der Waals surface area (Å²) in [5.41, 5.74) is 0. The van der Waals surface area contributed by atoms with E-state index in [-0.39, 0.29) is 44.2 Å². The molecule has 1 aromatic carbocycles. The van der Waals surface area contributed by atoms with E-state index in [0.29, 0.717) is 25.2 Å². The van der Waals surface area contributed by atoms with E-state index in [1.165, 1.54) is 0 Å². The number of amides is 1. The lowest BCUT2D eigenvalue weighted by Gasteiger charge is -2.40. The summed E-state index contributed by atoms with van der Waals surface area (Å²) in [6.07, 6.45) is 1.93. The molecule has 0 aliphatic carbocycles. The molecular weight excluding hydrogens is 453 g/mol. The molecule has 1 aromatic rings. The number of piperazine rings is 1. The molecule has 30 heavy (non-hydrogen) atoms. The van der Waals surface area contributed by atoms with Gasteiger partial charge in [0.2, 0.25) is 15.9 Å². The molecule has 2 saturated heterocycles. The van der Waals surface area contributed by atoms with E-state index >= 15 is 0 Å². The van der Waals surface area contributed by atoms with Crippen molar-refractivity contribution < 1.29 is 32.6 Å². The minimum Gasteiger partial charge on any atom is -0.341 e. The highest BCUT2D eigenvalue weighted by molar-refractivity contribution is 8.45. The summed E-state index contributed by atoms with van der Waals surface area (Å²) in [5.74, 6) is -0.00427. The Bertz CT molecular complexity index is 909. The number of carbonyl (C=O) groups is 1. The number of sulfonamides is 1. The number of halogens is 5. The minimum atomic E-state index is -9.86. The van der Waals surface area contributed by atoms with Crippen LogP contribution >= 0.6 is 10.2 Å². The first-order valence-electron chi connectivity index (χ1n) is 9.47. The van der Waals surface area contributed by atoms with Gasteiger partial charge in [0.1, 0.15) is 4.90 Å². The third-order valence-electron chi connectivity index (χ3n) is 5.50. The van der Waals surface area contributed by atoms with Crippen LogP contribution in [0.25, 0.3) is 0 Å². The van der Waals surface area contributed by atoms with Crippen molar-refractivity contribution in [1.29, 1.82) is 0 Å². The van der Waals surface area contributed by atoms with Gasteiger partial charge in [-0.2, -0.15) is 4.31 Å². The number of hydrogen-bond donors (Lipinski definition) is 0. The summed E-state index contributed by atoms with van der Waals surface area (Å²) in [5, 5.41) is 0. The van der Waals surface area contributed by atoms with E-state index in [4.69, 9.17) is 0 Å². The number of benzene rings is 1. The van der Waals surface area contributed by atoms with Gasteiger partial charge in [-0.25, -0.2) is 8.42 Å². The summed E-state index contributed by atoms with van der Waals surface area (Å²) < 4.78 is 90.6. The third-order valence-corrected chi connectivity index (χ3v) is 8.58. The van der Waals surface area contributed by atoms with E-state index in [1.807, 2.05) is 4.90 Å². The number of nitrogens with zero attached hydrogens (tertiary/aromatic N) is 3. The molecule has 0 spiro atoms. The lowest BCUT2D eigenvalue weighted by atomic mass is 10.2. The van der Waals surface area contributed by atoms with Crippen molar-refractivity contribution in [3.05, 3.63) is 24.3 Å². The average Bonchev–Trinajstić information content (AvgIpc) is 3.20. The van der Waals surface area contributed by atoms with Gasteiger partial charge in [0.15, 0.2) is 0 Å². The largest absolute Gasteiger partial charge is 0.341 e. The highest BCUT2D eigenvalue weighted by Gasteiger charge is 2.65. The highest BCUT2D eigenvalue weighted by atomic mass is 32.5. The van der Waals surface area contributed by atoms with Crippen molar-refractivity contribution in [2.75, 3.05) is 39.3 Å². The zero-order valence-corrected chi connectivity index (χ0v) is 17.9. The molecule has 13 heteroatoms.